The third-order valence-corrected chi connectivity index (χ3v) is 3.31. The maximum atomic E-state index is 11.1. The van der Waals surface area contributed by atoms with Crippen molar-refractivity contribution in [1.82, 2.24) is 9.97 Å². The number of nitrogens with one attached hydrogen (secondary N) is 1. The highest BCUT2D eigenvalue weighted by Crippen LogP contribution is 2.35. The van der Waals surface area contributed by atoms with Crippen molar-refractivity contribution in [2.24, 2.45) is 0 Å². The predicted molar refractivity (Wildman–Crippen MR) is 70.2 cm³/mol. The first-order chi connectivity index (χ1) is 9.53. The average Bonchev–Trinajstić information content (AvgIpc) is 2.85. The number of imidazole rings is 1. The molecule has 2 unspecified atom stereocenters. The number of rotatable bonds is 2. The summed E-state index contributed by atoms with van der Waals surface area (Å²) in [6, 6.07) is 6.98. The van der Waals surface area contributed by atoms with Crippen LogP contribution in [0.2, 0.25) is 0 Å². The molecule has 0 saturated heterocycles. The van der Waals surface area contributed by atoms with Gasteiger partial charge in [-0.2, -0.15) is 0 Å². The first-order valence-corrected chi connectivity index (χ1v) is 5.92. The molecule has 0 amide bonds. The van der Waals surface area contributed by atoms with Crippen molar-refractivity contribution in [1.29, 1.82) is 0 Å². The molecule has 0 fully saturated rings. The van der Waals surface area contributed by atoms with Crippen molar-refractivity contribution >= 4 is 11.0 Å². The van der Waals surface area contributed by atoms with E-state index in [0.29, 0.717) is 11.0 Å². The number of hydrogen-bond acceptors (Lipinski definition) is 5. The van der Waals surface area contributed by atoms with E-state index in [9.17, 15) is 20.3 Å². The largest absolute Gasteiger partial charge is 0.385 e. The normalized spacial score (nSPS) is 25.7. The average molecular weight is 273 g/mol. The van der Waals surface area contributed by atoms with E-state index in [1.165, 1.54) is 12.2 Å². The van der Waals surface area contributed by atoms with Crippen LogP contribution in [-0.2, 0) is 5.60 Å². The van der Waals surface area contributed by atoms with E-state index < -0.39 is 22.3 Å². The van der Waals surface area contributed by atoms with Gasteiger partial charge >= 0.3 is 0 Å². The first kappa shape index (κ1) is 12.5. The molecule has 3 rings (SSSR count). The molecule has 7 heteroatoms. The van der Waals surface area contributed by atoms with Crippen LogP contribution in [0.15, 0.2) is 48.2 Å². The van der Waals surface area contributed by atoms with Gasteiger partial charge in [-0.05, 0) is 12.1 Å². The van der Waals surface area contributed by atoms with Gasteiger partial charge in [-0.25, -0.2) is 4.98 Å². The lowest BCUT2D eigenvalue weighted by molar-refractivity contribution is -0.450. The summed E-state index contributed by atoms with van der Waals surface area (Å²) in [6.07, 6.45) is 2.31. The van der Waals surface area contributed by atoms with E-state index in [1.54, 1.807) is 24.3 Å². The molecule has 0 saturated carbocycles. The molecular formula is C13H11N3O4. The molecule has 0 aliphatic heterocycles. The van der Waals surface area contributed by atoms with Gasteiger partial charge in [0.15, 0.2) is 5.82 Å². The second kappa shape index (κ2) is 4.26. The number of fused-ring (bicyclic) bond motifs is 1. The van der Waals surface area contributed by atoms with Crippen molar-refractivity contribution in [2.75, 3.05) is 0 Å². The fourth-order valence-corrected chi connectivity index (χ4v) is 2.26. The summed E-state index contributed by atoms with van der Waals surface area (Å²) in [6.45, 7) is 0. The van der Waals surface area contributed by atoms with Crippen LogP contribution in [0.1, 0.15) is 5.82 Å². The molecule has 3 N–H and O–H groups in total. The third-order valence-electron chi connectivity index (χ3n) is 3.31. The Morgan fingerprint density at radius 3 is 2.85 bits per heavy atom. The van der Waals surface area contributed by atoms with E-state index in [0.717, 1.165) is 6.08 Å². The van der Waals surface area contributed by atoms with Crippen molar-refractivity contribution in [3.63, 3.8) is 0 Å². The van der Waals surface area contributed by atoms with E-state index in [4.69, 9.17) is 0 Å². The standard InChI is InChI=1S/C13H11N3O4/c17-11-7-3-6-10(16(19)20)13(11,18)12-14-8-4-1-2-5-9(8)15-12/h1-7,11,17-18H,(H,14,15). The number of aliphatic hydroxyl groups excluding tert-OH is 1. The van der Waals surface area contributed by atoms with Crippen LogP contribution in [0.3, 0.4) is 0 Å². The van der Waals surface area contributed by atoms with E-state index >= 15 is 0 Å². The fraction of sp³-hybridized carbons (Fsp3) is 0.154. The minimum Gasteiger partial charge on any atom is -0.385 e. The number of nitro groups is 1. The number of H-pyrrole nitrogens is 1. The van der Waals surface area contributed by atoms with Crippen molar-refractivity contribution in [3.05, 3.63) is 64.1 Å². The number of aromatic nitrogens is 2. The van der Waals surface area contributed by atoms with Gasteiger partial charge in [-0.3, -0.25) is 10.1 Å². The van der Waals surface area contributed by atoms with Crippen molar-refractivity contribution in [3.8, 4) is 0 Å². The van der Waals surface area contributed by atoms with Gasteiger partial charge in [0.05, 0.1) is 16.0 Å². The van der Waals surface area contributed by atoms with Gasteiger partial charge in [0.1, 0.15) is 6.10 Å². The van der Waals surface area contributed by atoms with Crippen LogP contribution in [-0.4, -0.2) is 31.2 Å². The highest BCUT2D eigenvalue weighted by Gasteiger charge is 2.51. The molecule has 0 radical (unpaired) electrons. The number of benzene rings is 1. The molecule has 1 aromatic heterocycles. The Hall–Kier alpha value is -2.51. The second-order valence-corrected chi connectivity index (χ2v) is 4.51. The Balaban J connectivity index is 2.21. The van der Waals surface area contributed by atoms with Crippen LogP contribution >= 0.6 is 0 Å². The minimum atomic E-state index is -2.20. The number of allylic oxidation sites excluding steroid dienone is 2. The minimum absolute atomic E-state index is 0.0569. The highest BCUT2D eigenvalue weighted by atomic mass is 16.6. The van der Waals surface area contributed by atoms with Crippen LogP contribution in [0.25, 0.3) is 11.0 Å². The molecule has 0 bridgehead atoms. The number of nitrogens with zero attached hydrogens (tertiary/aromatic N) is 2. The molecular weight excluding hydrogens is 262 g/mol. The summed E-state index contributed by atoms with van der Waals surface area (Å²) < 4.78 is 0. The van der Waals surface area contributed by atoms with Crippen LogP contribution < -0.4 is 0 Å². The third kappa shape index (κ3) is 1.64. The van der Waals surface area contributed by atoms with E-state index in [-0.39, 0.29) is 5.82 Å². The molecule has 1 heterocycles. The summed E-state index contributed by atoms with van der Waals surface area (Å²) in [7, 11) is 0. The zero-order valence-electron chi connectivity index (χ0n) is 10.2. The van der Waals surface area contributed by atoms with Gasteiger partial charge in [0.2, 0.25) is 5.60 Å². The van der Waals surface area contributed by atoms with Gasteiger partial charge in [-0.15, -0.1) is 0 Å². The molecule has 0 spiro atoms. The van der Waals surface area contributed by atoms with Gasteiger partial charge < -0.3 is 15.2 Å². The monoisotopic (exact) mass is 273 g/mol. The quantitative estimate of drug-likeness (QED) is 0.554. The molecule has 2 atom stereocenters. The van der Waals surface area contributed by atoms with Crippen molar-refractivity contribution < 1.29 is 15.1 Å². The molecule has 2 aromatic rings. The predicted octanol–water partition coefficient (Wildman–Crippen LogP) is 0.842. The zero-order valence-corrected chi connectivity index (χ0v) is 10.2. The Bertz CT molecular complexity index is 716. The van der Waals surface area contributed by atoms with Crippen molar-refractivity contribution in [2.45, 2.75) is 11.7 Å². The highest BCUT2D eigenvalue weighted by molar-refractivity contribution is 5.75. The lowest BCUT2D eigenvalue weighted by Crippen LogP contribution is -2.44. The Morgan fingerprint density at radius 2 is 2.15 bits per heavy atom. The topological polar surface area (TPSA) is 112 Å². The molecule has 7 nitrogen and oxygen atoms in total. The Labute approximate surface area is 113 Å². The smallest absolute Gasteiger partial charge is 0.288 e. The zero-order chi connectivity index (χ0) is 14.3. The summed E-state index contributed by atoms with van der Waals surface area (Å²) in [5.41, 5.74) is -1.54. The molecule has 1 aliphatic rings. The summed E-state index contributed by atoms with van der Waals surface area (Å²) in [4.78, 5) is 17.3. The SMILES string of the molecule is O=[N+]([O-])C1=CC=CC(O)C1(O)c1nc2ccccc2[nH]1. The fourth-order valence-electron chi connectivity index (χ4n) is 2.26. The number of para-hydroxylation sites is 2. The lowest BCUT2D eigenvalue weighted by atomic mass is 9.88. The van der Waals surface area contributed by atoms with Crippen LogP contribution in [0.4, 0.5) is 0 Å². The number of aliphatic hydroxyl groups is 2. The van der Waals surface area contributed by atoms with Crippen LogP contribution in [0.5, 0.6) is 0 Å². The maximum absolute atomic E-state index is 11.1. The Kier molecular flexibility index (Phi) is 2.66. The van der Waals surface area contributed by atoms with E-state index in [2.05, 4.69) is 9.97 Å². The summed E-state index contributed by atoms with van der Waals surface area (Å²) in [5.74, 6) is -0.0569. The molecule has 1 aromatic carbocycles. The second-order valence-electron chi connectivity index (χ2n) is 4.51. The molecule has 20 heavy (non-hydrogen) atoms. The van der Waals surface area contributed by atoms with E-state index in [1.807, 2.05) is 0 Å². The van der Waals surface area contributed by atoms with Crippen LogP contribution in [0, 0.1) is 10.1 Å². The number of aromatic amines is 1. The van der Waals surface area contributed by atoms with Gasteiger partial charge in [-0.1, -0.05) is 24.3 Å². The summed E-state index contributed by atoms with van der Waals surface area (Å²) in [5, 5.41) is 31.7. The first-order valence-electron chi connectivity index (χ1n) is 5.92. The molecule has 1 aliphatic carbocycles. The number of hydrogen-bond donors (Lipinski definition) is 3. The lowest BCUT2D eigenvalue weighted by Gasteiger charge is -2.28. The molecule has 102 valence electrons. The summed E-state index contributed by atoms with van der Waals surface area (Å²) >= 11 is 0. The van der Waals surface area contributed by atoms with Gasteiger partial charge in [0, 0.05) is 6.08 Å². The van der Waals surface area contributed by atoms with Gasteiger partial charge in [0.25, 0.3) is 5.70 Å². The maximum Gasteiger partial charge on any atom is 0.288 e. The Morgan fingerprint density at radius 1 is 1.40 bits per heavy atom.